The fraction of sp³-hybridized carbons (Fsp3) is 0.158. The Kier molecular flexibility index (Phi) is 3.93. The molecule has 0 unspecified atom stereocenters. The molecule has 1 N–H and O–H groups in total. The van der Waals surface area contributed by atoms with Crippen molar-refractivity contribution in [2.24, 2.45) is 0 Å². The molecular weight excluding hydrogens is 338 g/mol. The van der Waals surface area contributed by atoms with Crippen LogP contribution in [0.15, 0.2) is 66.1 Å². The van der Waals surface area contributed by atoms with Gasteiger partial charge >= 0.3 is 0 Å². The molecular formula is C19H18ClN3O2. The van der Waals surface area contributed by atoms with Crippen molar-refractivity contribution in [2.75, 3.05) is 30.7 Å². The summed E-state index contributed by atoms with van der Waals surface area (Å²) in [5.74, 6) is 1.45. The van der Waals surface area contributed by atoms with Gasteiger partial charge in [-0.2, -0.15) is 0 Å². The van der Waals surface area contributed by atoms with Gasteiger partial charge in [-0.3, -0.25) is 10.4 Å². The number of hydrogen-bond donors (Lipinski definition) is 1. The van der Waals surface area contributed by atoms with E-state index in [4.69, 9.17) is 21.1 Å². The molecule has 0 spiro atoms. The highest BCUT2D eigenvalue weighted by molar-refractivity contribution is 6.30. The van der Waals surface area contributed by atoms with Crippen molar-refractivity contribution in [3.8, 4) is 11.5 Å². The van der Waals surface area contributed by atoms with E-state index in [-0.39, 0.29) is 0 Å². The number of fused-ring (bicyclic) bond motifs is 1. The maximum Gasteiger partial charge on any atom is 0.162 e. The van der Waals surface area contributed by atoms with Gasteiger partial charge in [-0.1, -0.05) is 11.6 Å². The first-order chi connectivity index (χ1) is 12.2. The molecule has 2 aliphatic heterocycles. The summed E-state index contributed by atoms with van der Waals surface area (Å²) in [6.45, 7) is 0.794. The number of hydrazine groups is 1. The predicted octanol–water partition coefficient (Wildman–Crippen LogP) is 3.93. The van der Waals surface area contributed by atoms with Crippen molar-refractivity contribution in [1.82, 2.24) is 5.43 Å². The molecule has 0 saturated heterocycles. The van der Waals surface area contributed by atoms with Gasteiger partial charge in [-0.05, 0) is 36.4 Å². The van der Waals surface area contributed by atoms with E-state index in [0.717, 1.165) is 40.1 Å². The first-order valence-electron chi connectivity index (χ1n) is 7.91. The average Bonchev–Trinajstić information content (AvgIpc) is 3.21. The highest BCUT2D eigenvalue weighted by atomic mass is 35.5. The van der Waals surface area contributed by atoms with Gasteiger partial charge in [0.05, 0.1) is 32.1 Å². The molecule has 0 atom stereocenters. The molecule has 0 aliphatic carbocycles. The number of anilines is 2. The lowest BCUT2D eigenvalue weighted by molar-refractivity contribution is 0.355. The lowest BCUT2D eigenvalue weighted by Crippen LogP contribution is -2.27. The zero-order valence-corrected chi connectivity index (χ0v) is 14.7. The Balaban J connectivity index is 1.54. The van der Waals surface area contributed by atoms with E-state index in [1.54, 1.807) is 14.2 Å². The first kappa shape index (κ1) is 15.7. The van der Waals surface area contributed by atoms with Crippen LogP contribution in [-0.2, 0) is 0 Å². The summed E-state index contributed by atoms with van der Waals surface area (Å²) >= 11 is 5.96. The number of rotatable bonds is 4. The number of benzene rings is 2. The average molecular weight is 356 g/mol. The van der Waals surface area contributed by atoms with Gasteiger partial charge in [0.25, 0.3) is 0 Å². The van der Waals surface area contributed by atoms with Crippen LogP contribution in [-0.4, -0.2) is 20.8 Å². The number of ether oxygens (including phenoxy) is 2. The molecule has 128 valence electrons. The van der Waals surface area contributed by atoms with E-state index in [2.05, 4.69) is 22.7 Å². The van der Waals surface area contributed by atoms with Crippen molar-refractivity contribution in [1.29, 1.82) is 0 Å². The van der Waals surface area contributed by atoms with Gasteiger partial charge in [0.2, 0.25) is 0 Å². The molecule has 2 aromatic carbocycles. The van der Waals surface area contributed by atoms with Gasteiger partial charge in [0, 0.05) is 34.7 Å². The van der Waals surface area contributed by atoms with Crippen molar-refractivity contribution < 1.29 is 9.47 Å². The Morgan fingerprint density at radius 1 is 0.920 bits per heavy atom. The van der Waals surface area contributed by atoms with Crippen LogP contribution >= 0.6 is 11.6 Å². The number of nitrogens with zero attached hydrogens (tertiary/aromatic N) is 2. The monoisotopic (exact) mass is 355 g/mol. The lowest BCUT2D eigenvalue weighted by Gasteiger charge is -2.20. The Morgan fingerprint density at radius 2 is 1.64 bits per heavy atom. The summed E-state index contributed by atoms with van der Waals surface area (Å²) in [4.78, 5) is 2.18. The van der Waals surface area contributed by atoms with E-state index in [0.29, 0.717) is 0 Å². The summed E-state index contributed by atoms with van der Waals surface area (Å²) in [7, 11) is 3.28. The van der Waals surface area contributed by atoms with E-state index in [1.165, 1.54) is 5.57 Å². The van der Waals surface area contributed by atoms with E-state index in [1.807, 2.05) is 47.5 Å². The minimum atomic E-state index is 0.722. The zero-order chi connectivity index (χ0) is 17.4. The van der Waals surface area contributed by atoms with Crippen molar-refractivity contribution in [3.63, 3.8) is 0 Å². The summed E-state index contributed by atoms with van der Waals surface area (Å²) in [5.41, 5.74) is 7.82. The van der Waals surface area contributed by atoms with Gasteiger partial charge in [-0.15, -0.1) is 0 Å². The van der Waals surface area contributed by atoms with Gasteiger partial charge in [0.15, 0.2) is 11.5 Å². The van der Waals surface area contributed by atoms with Crippen LogP contribution in [0.5, 0.6) is 11.5 Å². The number of methoxy groups -OCH3 is 2. The molecule has 6 heteroatoms. The predicted molar refractivity (Wildman–Crippen MR) is 100 cm³/mol. The van der Waals surface area contributed by atoms with Crippen LogP contribution in [0, 0.1) is 0 Å². The fourth-order valence-electron chi connectivity index (χ4n) is 2.99. The Hall–Kier alpha value is -2.79. The van der Waals surface area contributed by atoms with Crippen LogP contribution in [0.4, 0.5) is 11.4 Å². The third-order valence-corrected chi connectivity index (χ3v) is 4.55. The molecule has 0 aromatic heterocycles. The van der Waals surface area contributed by atoms with Crippen molar-refractivity contribution >= 4 is 23.0 Å². The Labute approximate surface area is 151 Å². The SMILES string of the molecule is COc1ccc(N2C=C3NN(c4ccc(Cl)cc4)C=C3C2)cc1OC. The highest BCUT2D eigenvalue weighted by Crippen LogP contribution is 2.35. The van der Waals surface area contributed by atoms with E-state index in [9.17, 15) is 0 Å². The standard InChI is InChI=1S/C19H18ClN3O2/c1-24-18-8-7-16(9-19(18)25-2)22-10-13-11-23(21-17(13)12-22)15-5-3-14(20)4-6-15/h3-9,11-12,21H,10H2,1-2H3. The summed E-state index contributed by atoms with van der Waals surface area (Å²) in [6.07, 6.45) is 4.21. The van der Waals surface area contributed by atoms with E-state index >= 15 is 0 Å². The maximum absolute atomic E-state index is 5.96. The van der Waals surface area contributed by atoms with Crippen LogP contribution < -0.4 is 24.8 Å². The second-order valence-corrected chi connectivity index (χ2v) is 6.26. The summed E-state index contributed by atoms with van der Waals surface area (Å²) < 4.78 is 10.7. The van der Waals surface area contributed by atoms with Gasteiger partial charge in [-0.25, -0.2) is 0 Å². The van der Waals surface area contributed by atoms with Crippen LogP contribution in [0.25, 0.3) is 0 Å². The lowest BCUT2D eigenvalue weighted by atomic mass is 10.2. The minimum absolute atomic E-state index is 0.722. The first-order valence-corrected chi connectivity index (χ1v) is 8.29. The second kappa shape index (κ2) is 6.26. The smallest absolute Gasteiger partial charge is 0.162 e. The molecule has 4 rings (SSSR count). The highest BCUT2D eigenvalue weighted by Gasteiger charge is 2.27. The second-order valence-electron chi connectivity index (χ2n) is 5.82. The molecule has 2 heterocycles. The zero-order valence-electron chi connectivity index (χ0n) is 14.0. The number of hydrogen-bond acceptors (Lipinski definition) is 5. The van der Waals surface area contributed by atoms with Crippen molar-refractivity contribution in [2.45, 2.75) is 0 Å². The molecule has 0 radical (unpaired) electrons. The van der Waals surface area contributed by atoms with E-state index < -0.39 is 0 Å². The quantitative estimate of drug-likeness (QED) is 0.899. The third kappa shape index (κ3) is 2.87. The third-order valence-electron chi connectivity index (χ3n) is 4.30. The Morgan fingerprint density at radius 3 is 2.32 bits per heavy atom. The summed E-state index contributed by atoms with van der Waals surface area (Å²) in [6, 6.07) is 13.7. The topological polar surface area (TPSA) is 37.0 Å². The molecule has 0 fully saturated rings. The largest absolute Gasteiger partial charge is 0.493 e. The number of nitrogens with one attached hydrogen (secondary N) is 1. The molecule has 2 aliphatic rings. The van der Waals surface area contributed by atoms with Gasteiger partial charge < -0.3 is 14.4 Å². The molecule has 0 bridgehead atoms. The normalized spacial score (nSPS) is 15.5. The van der Waals surface area contributed by atoms with Crippen molar-refractivity contribution in [3.05, 3.63) is 71.2 Å². The molecule has 0 amide bonds. The maximum atomic E-state index is 5.96. The molecule has 2 aromatic rings. The molecule has 0 saturated carbocycles. The minimum Gasteiger partial charge on any atom is -0.493 e. The van der Waals surface area contributed by atoms with Crippen LogP contribution in [0.1, 0.15) is 0 Å². The molecule has 25 heavy (non-hydrogen) atoms. The summed E-state index contributed by atoms with van der Waals surface area (Å²) in [5, 5.41) is 2.73. The molecule has 5 nitrogen and oxygen atoms in total. The van der Waals surface area contributed by atoms with Crippen LogP contribution in [0.2, 0.25) is 5.02 Å². The number of halogens is 1. The van der Waals surface area contributed by atoms with Gasteiger partial charge in [0.1, 0.15) is 0 Å². The van der Waals surface area contributed by atoms with Crippen LogP contribution in [0.3, 0.4) is 0 Å². The fourth-order valence-corrected chi connectivity index (χ4v) is 3.12. The Bertz CT molecular complexity index is 861.